The number of carbonyl (C=O) groups excluding carboxylic acids is 3. The van der Waals surface area contributed by atoms with Crippen molar-refractivity contribution in [1.82, 2.24) is 4.90 Å². The van der Waals surface area contributed by atoms with Gasteiger partial charge in [0.25, 0.3) is 0 Å². The Morgan fingerprint density at radius 3 is 2.63 bits per heavy atom. The van der Waals surface area contributed by atoms with Gasteiger partial charge in [-0.25, -0.2) is 0 Å². The van der Waals surface area contributed by atoms with Crippen molar-refractivity contribution >= 4 is 52.5 Å². The normalized spacial score (nSPS) is 27.4. The maximum Gasteiger partial charge on any atom is 0.248 e. The van der Waals surface area contributed by atoms with Gasteiger partial charge in [-0.05, 0) is 69.0 Å². The Bertz CT molecular complexity index is 1220. The third-order valence-electron chi connectivity index (χ3n) is 7.81. The van der Waals surface area contributed by atoms with Crippen LogP contribution in [0.5, 0.6) is 5.75 Å². The number of hydrogen-bond donors (Lipinski definition) is 3. The molecule has 8 nitrogen and oxygen atoms in total. The molecule has 3 amide bonds. The molecule has 3 aliphatic heterocycles. The number of anilines is 2. The molecule has 3 aliphatic rings. The number of aliphatic hydroxyl groups excluding tert-OH is 1. The Labute approximate surface area is 231 Å². The van der Waals surface area contributed by atoms with E-state index in [2.05, 4.69) is 10.6 Å². The summed E-state index contributed by atoms with van der Waals surface area (Å²) in [6.45, 7) is 4.46. The van der Waals surface area contributed by atoms with E-state index in [4.69, 9.17) is 16.3 Å². The minimum absolute atomic E-state index is 0.0519. The lowest BCUT2D eigenvalue weighted by Crippen LogP contribution is -2.51. The van der Waals surface area contributed by atoms with Gasteiger partial charge in [-0.15, -0.1) is 11.8 Å². The number of thioether (sulfide) groups is 1. The van der Waals surface area contributed by atoms with Gasteiger partial charge in [-0.3, -0.25) is 14.4 Å². The highest BCUT2D eigenvalue weighted by Gasteiger charge is 2.73. The molecule has 3 fully saturated rings. The van der Waals surface area contributed by atoms with Gasteiger partial charge in [-0.2, -0.15) is 0 Å². The van der Waals surface area contributed by atoms with Crippen molar-refractivity contribution in [3.05, 3.63) is 53.1 Å². The number of aryl methyl sites for hydroxylation is 1. The molecule has 2 bridgehead atoms. The molecule has 5 rings (SSSR count). The second-order valence-corrected chi connectivity index (χ2v) is 12.0. The Hall–Kier alpha value is -2.75. The topological polar surface area (TPSA) is 108 Å². The first-order valence-corrected chi connectivity index (χ1v) is 14.3. The minimum Gasteiger partial charge on any atom is -0.494 e. The molecule has 10 heteroatoms. The van der Waals surface area contributed by atoms with Crippen LogP contribution in [0.3, 0.4) is 0 Å². The quantitative estimate of drug-likeness (QED) is 0.428. The number of ether oxygens (including phenoxy) is 1. The molecule has 3 heterocycles. The molecule has 2 aromatic carbocycles. The lowest BCUT2D eigenvalue weighted by atomic mass is 9.70. The number of rotatable bonds is 9. The Balaban J connectivity index is 1.43. The number of carbonyl (C=O) groups is 3. The van der Waals surface area contributed by atoms with E-state index in [1.807, 2.05) is 26.0 Å². The highest BCUT2D eigenvalue weighted by molar-refractivity contribution is 8.02. The number of fused-ring (bicyclic) bond motifs is 1. The van der Waals surface area contributed by atoms with Crippen LogP contribution in [0, 0.1) is 18.8 Å². The summed E-state index contributed by atoms with van der Waals surface area (Å²) in [6, 6.07) is 11.8. The van der Waals surface area contributed by atoms with Crippen LogP contribution in [0.15, 0.2) is 42.5 Å². The van der Waals surface area contributed by atoms with E-state index in [0.29, 0.717) is 41.6 Å². The largest absolute Gasteiger partial charge is 0.494 e. The van der Waals surface area contributed by atoms with Crippen molar-refractivity contribution in [1.29, 1.82) is 0 Å². The highest BCUT2D eigenvalue weighted by atomic mass is 35.5. The molecule has 0 aromatic heterocycles. The number of amides is 3. The summed E-state index contributed by atoms with van der Waals surface area (Å²) in [4.78, 5) is 42.9. The summed E-state index contributed by atoms with van der Waals surface area (Å²) < 4.78 is 4.77. The first-order valence-electron chi connectivity index (χ1n) is 13.0. The molecular weight excluding hydrogens is 526 g/mol. The third-order valence-corrected chi connectivity index (χ3v) is 10.1. The second-order valence-electron chi connectivity index (χ2n) is 10.0. The molecule has 1 spiro atoms. The predicted molar refractivity (Wildman–Crippen MR) is 149 cm³/mol. The summed E-state index contributed by atoms with van der Waals surface area (Å²) in [5.74, 6) is -1.17. The Morgan fingerprint density at radius 1 is 1.18 bits per heavy atom. The number of hydrogen-bond acceptors (Lipinski definition) is 6. The smallest absolute Gasteiger partial charge is 0.248 e. The zero-order valence-corrected chi connectivity index (χ0v) is 23.0. The van der Waals surface area contributed by atoms with E-state index in [1.54, 1.807) is 47.0 Å². The molecule has 202 valence electrons. The average molecular weight is 558 g/mol. The summed E-state index contributed by atoms with van der Waals surface area (Å²) >= 11 is 7.99. The van der Waals surface area contributed by atoms with Crippen molar-refractivity contribution in [2.45, 2.75) is 49.1 Å². The van der Waals surface area contributed by atoms with Gasteiger partial charge in [0.05, 0.1) is 33.9 Å². The van der Waals surface area contributed by atoms with Gasteiger partial charge in [0.2, 0.25) is 17.7 Å². The molecule has 5 atom stereocenters. The Morgan fingerprint density at radius 2 is 1.95 bits per heavy atom. The van der Waals surface area contributed by atoms with Gasteiger partial charge in [0, 0.05) is 24.1 Å². The van der Waals surface area contributed by atoms with Gasteiger partial charge >= 0.3 is 0 Å². The van der Waals surface area contributed by atoms with Crippen LogP contribution in [-0.4, -0.2) is 63.5 Å². The first kappa shape index (κ1) is 26.8. The zero-order chi connectivity index (χ0) is 27.0. The fraction of sp³-hybridized carbons (Fsp3) is 0.464. The lowest BCUT2D eigenvalue weighted by Gasteiger charge is -2.34. The van der Waals surface area contributed by atoms with Crippen molar-refractivity contribution in [3.63, 3.8) is 0 Å². The second kappa shape index (κ2) is 10.8. The van der Waals surface area contributed by atoms with E-state index >= 15 is 0 Å². The van der Waals surface area contributed by atoms with Crippen molar-refractivity contribution in [2.75, 3.05) is 30.4 Å². The van der Waals surface area contributed by atoms with Crippen molar-refractivity contribution < 1.29 is 24.2 Å². The maximum absolute atomic E-state index is 13.9. The molecular formula is C28H32ClN3O5S. The first-order chi connectivity index (χ1) is 18.3. The molecule has 0 radical (unpaired) electrons. The van der Waals surface area contributed by atoms with Gasteiger partial charge < -0.3 is 25.4 Å². The lowest BCUT2D eigenvalue weighted by molar-refractivity contribution is -0.138. The van der Waals surface area contributed by atoms with Gasteiger partial charge in [-0.1, -0.05) is 23.7 Å². The molecule has 3 saturated heterocycles. The van der Waals surface area contributed by atoms with E-state index in [-0.39, 0.29) is 36.1 Å². The molecule has 3 N–H and O–H groups in total. The number of halogens is 1. The number of para-hydroxylation sites is 1. The highest BCUT2D eigenvalue weighted by Crippen LogP contribution is 2.66. The molecule has 0 saturated carbocycles. The summed E-state index contributed by atoms with van der Waals surface area (Å²) in [5.41, 5.74) is 1.98. The monoisotopic (exact) mass is 557 g/mol. The van der Waals surface area contributed by atoms with Crippen molar-refractivity contribution in [2.24, 2.45) is 11.8 Å². The van der Waals surface area contributed by atoms with Crippen LogP contribution < -0.4 is 15.4 Å². The summed E-state index contributed by atoms with van der Waals surface area (Å²) in [5, 5.41) is 15.8. The number of benzene rings is 2. The van der Waals surface area contributed by atoms with E-state index in [0.717, 1.165) is 12.0 Å². The summed E-state index contributed by atoms with van der Waals surface area (Å²) in [7, 11) is 0. The fourth-order valence-corrected chi connectivity index (χ4v) is 8.73. The molecule has 38 heavy (non-hydrogen) atoms. The van der Waals surface area contributed by atoms with Crippen LogP contribution >= 0.6 is 23.4 Å². The van der Waals surface area contributed by atoms with Crippen LogP contribution in [0.25, 0.3) is 0 Å². The van der Waals surface area contributed by atoms with E-state index in [1.165, 1.54) is 0 Å². The third kappa shape index (κ3) is 4.54. The van der Waals surface area contributed by atoms with E-state index in [9.17, 15) is 19.5 Å². The number of likely N-dealkylation sites (tertiary alicyclic amines) is 1. The number of nitrogens with zero attached hydrogens (tertiary/aromatic N) is 1. The van der Waals surface area contributed by atoms with Gasteiger partial charge in [0.15, 0.2) is 0 Å². The van der Waals surface area contributed by atoms with Gasteiger partial charge in [0.1, 0.15) is 11.8 Å². The fourth-order valence-electron chi connectivity index (χ4n) is 6.24. The zero-order valence-electron chi connectivity index (χ0n) is 21.4. The van der Waals surface area contributed by atoms with Crippen LogP contribution in [0.4, 0.5) is 11.4 Å². The standard InChI is InChI=1S/C28H32ClN3O5S/c1-3-37-18-10-8-17(9-11-18)30-25(34)21-20-12-13-28(38-20)22(21)27(36)32(14-5-15-33)24(28)26(35)31-23-16(2)6-4-7-19(23)29/h4,6-11,20-22,24,33H,3,5,12-15H2,1-2H3,(H,30,34)(H,31,35)/t20-,21+,22-,24?,28?/m0/s1. The van der Waals surface area contributed by atoms with Crippen LogP contribution in [0.1, 0.15) is 31.7 Å². The molecule has 2 aromatic rings. The molecule has 0 aliphatic carbocycles. The minimum atomic E-state index is -0.763. The van der Waals surface area contributed by atoms with Crippen molar-refractivity contribution in [3.8, 4) is 5.75 Å². The predicted octanol–water partition coefficient (Wildman–Crippen LogP) is 4.10. The number of aliphatic hydroxyl groups is 1. The number of nitrogens with one attached hydrogen (secondary N) is 2. The van der Waals surface area contributed by atoms with Crippen LogP contribution in [0.2, 0.25) is 5.02 Å². The Kier molecular flexibility index (Phi) is 7.62. The maximum atomic E-state index is 13.9. The van der Waals surface area contributed by atoms with Crippen LogP contribution in [-0.2, 0) is 14.4 Å². The SMILES string of the molecule is CCOc1ccc(NC(=O)[C@@H]2[C@@H]3CCC4(S3)C(C(=O)Nc3c(C)cccc3Cl)N(CCCO)C(=O)[C@H]24)cc1. The molecule has 2 unspecified atom stereocenters. The summed E-state index contributed by atoms with van der Waals surface area (Å²) in [6.07, 6.45) is 1.76. The van der Waals surface area contributed by atoms with E-state index < -0.39 is 22.6 Å². The average Bonchev–Trinajstić information content (AvgIpc) is 3.53.